The molecule has 0 saturated carbocycles. The molecule has 1 aromatic heterocycles. The molecule has 1 N–H and O–H groups in total. The zero-order chi connectivity index (χ0) is 13.0. The van der Waals surface area contributed by atoms with Crippen LogP contribution >= 0.6 is 15.9 Å². The average Bonchev–Trinajstić information content (AvgIpc) is 2.84. The van der Waals surface area contributed by atoms with Gasteiger partial charge in [0.15, 0.2) is 0 Å². The van der Waals surface area contributed by atoms with E-state index in [1.54, 1.807) is 12.3 Å². The first kappa shape index (κ1) is 12.9. The van der Waals surface area contributed by atoms with Crippen molar-refractivity contribution in [2.24, 2.45) is 0 Å². The first-order chi connectivity index (χ1) is 8.70. The van der Waals surface area contributed by atoms with Crippen LogP contribution in [-0.4, -0.2) is 5.91 Å². The zero-order valence-corrected chi connectivity index (χ0v) is 11.7. The number of furan rings is 1. The van der Waals surface area contributed by atoms with Crippen LogP contribution in [0.25, 0.3) is 0 Å². The van der Waals surface area contributed by atoms with E-state index in [2.05, 4.69) is 21.2 Å². The number of benzene rings is 1. The summed E-state index contributed by atoms with van der Waals surface area (Å²) in [6.07, 6.45) is 2.26. The Bertz CT molecular complexity index is 548. The van der Waals surface area contributed by atoms with Gasteiger partial charge in [0.05, 0.1) is 11.8 Å². The third kappa shape index (κ3) is 3.01. The molecule has 4 heteroatoms. The molecule has 1 aromatic carbocycles. The number of amides is 1. The molecule has 0 bridgehead atoms. The number of aryl methyl sites for hydroxylation is 1. The molecule has 0 atom stereocenters. The van der Waals surface area contributed by atoms with Crippen molar-refractivity contribution in [1.82, 2.24) is 5.32 Å². The SMILES string of the molecule is CCc1occc1C(=O)NCc1cccc(Br)c1. The predicted octanol–water partition coefficient (Wildman–Crippen LogP) is 3.53. The highest BCUT2D eigenvalue weighted by Gasteiger charge is 2.12. The highest BCUT2D eigenvalue weighted by molar-refractivity contribution is 9.10. The second-order valence-electron chi connectivity index (χ2n) is 3.92. The number of carbonyl (C=O) groups is 1. The van der Waals surface area contributed by atoms with Crippen molar-refractivity contribution in [3.05, 3.63) is 58.0 Å². The summed E-state index contributed by atoms with van der Waals surface area (Å²) in [5, 5.41) is 2.88. The van der Waals surface area contributed by atoms with Gasteiger partial charge in [-0.2, -0.15) is 0 Å². The molecule has 0 spiro atoms. The Balaban J connectivity index is 2.00. The summed E-state index contributed by atoms with van der Waals surface area (Å²) in [6.45, 7) is 2.47. The first-order valence-corrected chi connectivity index (χ1v) is 6.59. The summed E-state index contributed by atoms with van der Waals surface area (Å²) in [6, 6.07) is 9.56. The lowest BCUT2D eigenvalue weighted by atomic mass is 10.2. The normalized spacial score (nSPS) is 10.3. The monoisotopic (exact) mass is 307 g/mol. The van der Waals surface area contributed by atoms with Gasteiger partial charge in [-0.1, -0.05) is 35.0 Å². The molecular formula is C14H14BrNO2. The quantitative estimate of drug-likeness (QED) is 0.939. The van der Waals surface area contributed by atoms with Crippen molar-refractivity contribution in [3.8, 4) is 0 Å². The molecule has 0 aliphatic heterocycles. The lowest BCUT2D eigenvalue weighted by Gasteiger charge is -2.05. The van der Waals surface area contributed by atoms with Crippen molar-refractivity contribution in [2.75, 3.05) is 0 Å². The van der Waals surface area contributed by atoms with Gasteiger partial charge in [0.1, 0.15) is 5.76 Å². The molecule has 1 heterocycles. The minimum absolute atomic E-state index is 0.0967. The van der Waals surface area contributed by atoms with Gasteiger partial charge in [0.25, 0.3) is 5.91 Å². The summed E-state index contributed by atoms with van der Waals surface area (Å²) in [5.74, 6) is 0.627. The third-order valence-corrected chi connectivity index (χ3v) is 3.15. The van der Waals surface area contributed by atoms with Gasteiger partial charge in [0.2, 0.25) is 0 Å². The minimum atomic E-state index is -0.0967. The Hall–Kier alpha value is -1.55. The van der Waals surface area contributed by atoms with E-state index >= 15 is 0 Å². The Morgan fingerprint density at radius 3 is 2.94 bits per heavy atom. The fourth-order valence-electron chi connectivity index (χ4n) is 1.74. The lowest BCUT2D eigenvalue weighted by molar-refractivity contribution is 0.0949. The van der Waals surface area contributed by atoms with Crippen LogP contribution < -0.4 is 5.32 Å². The molecule has 0 aliphatic carbocycles. The van der Waals surface area contributed by atoms with Crippen molar-refractivity contribution in [3.63, 3.8) is 0 Å². The minimum Gasteiger partial charge on any atom is -0.469 e. The van der Waals surface area contributed by atoms with Crippen molar-refractivity contribution in [2.45, 2.75) is 19.9 Å². The average molecular weight is 308 g/mol. The van der Waals surface area contributed by atoms with Crippen molar-refractivity contribution >= 4 is 21.8 Å². The van der Waals surface area contributed by atoms with E-state index in [9.17, 15) is 4.79 Å². The molecule has 1 amide bonds. The number of nitrogens with one attached hydrogen (secondary N) is 1. The van der Waals surface area contributed by atoms with Crippen LogP contribution in [0.15, 0.2) is 45.5 Å². The number of rotatable bonds is 4. The van der Waals surface area contributed by atoms with Gasteiger partial charge in [-0.15, -0.1) is 0 Å². The van der Waals surface area contributed by atoms with Crippen LogP contribution in [0.1, 0.15) is 28.6 Å². The van der Waals surface area contributed by atoms with E-state index in [0.717, 1.165) is 15.8 Å². The predicted molar refractivity (Wildman–Crippen MR) is 73.4 cm³/mol. The maximum absolute atomic E-state index is 12.0. The Kier molecular flexibility index (Phi) is 4.20. The highest BCUT2D eigenvalue weighted by Crippen LogP contribution is 2.13. The summed E-state index contributed by atoms with van der Waals surface area (Å²) in [5.41, 5.74) is 1.67. The Labute approximate surface area is 114 Å². The van der Waals surface area contributed by atoms with E-state index in [0.29, 0.717) is 18.5 Å². The van der Waals surface area contributed by atoms with Gasteiger partial charge >= 0.3 is 0 Å². The summed E-state index contributed by atoms with van der Waals surface area (Å²) >= 11 is 3.40. The molecular weight excluding hydrogens is 294 g/mol. The number of halogens is 1. The summed E-state index contributed by atoms with van der Waals surface area (Å²) < 4.78 is 6.24. The molecule has 0 radical (unpaired) electrons. The van der Waals surface area contributed by atoms with Crippen LogP contribution in [-0.2, 0) is 13.0 Å². The maximum Gasteiger partial charge on any atom is 0.255 e. The summed E-state index contributed by atoms with van der Waals surface area (Å²) in [7, 11) is 0. The second-order valence-corrected chi connectivity index (χ2v) is 4.84. The molecule has 18 heavy (non-hydrogen) atoms. The topological polar surface area (TPSA) is 42.2 Å². The van der Waals surface area contributed by atoms with Crippen LogP contribution in [0, 0.1) is 0 Å². The van der Waals surface area contributed by atoms with Crippen LogP contribution in [0.2, 0.25) is 0 Å². The van der Waals surface area contributed by atoms with Gasteiger partial charge < -0.3 is 9.73 Å². The van der Waals surface area contributed by atoms with E-state index in [1.807, 2.05) is 31.2 Å². The zero-order valence-electron chi connectivity index (χ0n) is 10.1. The summed E-state index contributed by atoms with van der Waals surface area (Å²) in [4.78, 5) is 12.0. The molecule has 2 rings (SSSR count). The fourth-order valence-corrected chi connectivity index (χ4v) is 2.19. The lowest BCUT2D eigenvalue weighted by Crippen LogP contribution is -2.23. The molecule has 0 unspecified atom stereocenters. The molecule has 94 valence electrons. The number of hydrogen-bond donors (Lipinski definition) is 1. The van der Waals surface area contributed by atoms with Gasteiger partial charge in [-0.25, -0.2) is 0 Å². The largest absolute Gasteiger partial charge is 0.469 e. The van der Waals surface area contributed by atoms with Crippen LogP contribution in [0.5, 0.6) is 0 Å². The van der Waals surface area contributed by atoms with E-state index in [1.165, 1.54) is 0 Å². The fraction of sp³-hybridized carbons (Fsp3) is 0.214. The van der Waals surface area contributed by atoms with E-state index in [-0.39, 0.29) is 5.91 Å². The first-order valence-electron chi connectivity index (χ1n) is 5.79. The van der Waals surface area contributed by atoms with E-state index in [4.69, 9.17) is 4.42 Å². The molecule has 3 nitrogen and oxygen atoms in total. The Morgan fingerprint density at radius 2 is 2.22 bits per heavy atom. The molecule has 2 aromatic rings. The van der Waals surface area contributed by atoms with Crippen LogP contribution in [0.4, 0.5) is 0 Å². The van der Waals surface area contributed by atoms with E-state index < -0.39 is 0 Å². The van der Waals surface area contributed by atoms with Gasteiger partial charge in [-0.05, 0) is 23.8 Å². The number of carbonyl (C=O) groups excluding carboxylic acids is 1. The molecule has 0 aliphatic rings. The standard InChI is InChI=1S/C14H14BrNO2/c1-2-13-12(6-7-18-13)14(17)16-9-10-4-3-5-11(15)8-10/h3-8H,2,9H2,1H3,(H,16,17). The van der Waals surface area contributed by atoms with Crippen molar-refractivity contribution in [1.29, 1.82) is 0 Å². The van der Waals surface area contributed by atoms with Gasteiger partial charge in [0, 0.05) is 17.4 Å². The second kappa shape index (κ2) is 5.87. The molecule has 0 saturated heterocycles. The number of hydrogen-bond acceptors (Lipinski definition) is 2. The molecule has 0 fully saturated rings. The highest BCUT2D eigenvalue weighted by atomic mass is 79.9. The van der Waals surface area contributed by atoms with Crippen molar-refractivity contribution < 1.29 is 9.21 Å². The maximum atomic E-state index is 12.0. The third-order valence-electron chi connectivity index (χ3n) is 2.65. The van der Waals surface area contributed by atoms with Gasteiger partial charge in [-0.3, -0.25) is 4.79 Å². The van der Waals surface area contributed by atoms with Crippen LogP contribution in [0.3, 0.4) is 0 Å². The Morgan fingerprint density at radius 1 is 1.39 bits per heavy atom. The smallest absolute Gasteiger partial charge is 0.255 e.